The highest BCUT2D eigenvalue weighted by molar-refractivity contribution is 5.83. The third-order valence-corrected chi connectivity index (χ3v) is 4.35. The highest BCUT2D eigenvalue weighted by atomic mass is 16.5. The Morgan fingerprint density at radius 2 is 1.78 bits per heavy atom. The van der Waals surface area contributed by atoms with E-state index in [4.69, 9.17) is 26.4 Å². The summed E-state index contributed by atoms with van der Waals surface area (Å²) in [6.45, 7) is 11.3. The number of hydrogen-bond donors (Lipinski definition) is 5. The fraction of sp³-hybridized carbons (Fsp3) is 0.895. The van der Waals surface area contributed by atoms with Gasteiger partial charge in [0.25, 0.3) is 0 Å². The molecule has 1 rings (SSSR count). The minimum Gasteiger partial charge on any atom is -0.481 e. The Hall–Kier alpha value is -1.22. The molecule has 0 spiro atoms. The van der Waals surface area contributed by atoms with Gasteiger partial charge in [0, 0.05) is 39.0 Å². The quantitative estimate of drug-likeness (QED) is 0.389. The van der Waals surface area contributed by atoms with E-state index >= 15 is 0 Å². The van der Waals surface area contributed by atoms with Crippen molar-refractivity contribution in [2.75, 3.05) is 32.9 Å². The number of aliphatic hydroxyl groups excluding tert-OH is 1. The Kier molecular flexibility index (Phi) is 15.3. The molecule has 0 bridgehead atoms. The van der Waals surface area contributed by atoms with Gasteiger partial charge in [-0.05, 0) is 46.5 Å². The molecule has 1 atom stereocenters. The normalized spacial score (nSPS) is 16.7. The van der Waals surface area contributed by atoms with Gasteiger partial charge in [-0.2, -0.15) is 0 Å². The van der Waals surface area contributed by atoms with Crippen molar-refractivity contribution in [1.29, 1.82) is 0 Å². The van der Waals surface area contributed by atoms with Gasteiger partial charge in [0.2, 0.25) is 5.91 Å². The molecule has 0 aromatic heterocycles. The van der Waals surface area contributed by atoms with Crippen molar-refractivity contribution in [3.63, 3.8) is 0 Å². The number of nitrogens with two attached hydrogens (primary N) is 2. The first-order valence-corrected chi connectivity index (χ1v) is 9.77. The number of amides is 1. The molecule has 1 heterocycles. The summed E-state index contributed by atoms with van der Waals surface area (Å²) in [5, 5.41) is 20.1. The van der Waals surface area contributed by atoms with E-state index in [9.17, 15) is 9.59 Å². The van der Waals surface area contributed by atoms with E-state index in [0.717, 1.165) is 0 Å². The number of nitrogens with one attached hydrogen (secondary N) is 1. The molecular formula is C19H41N3O5. The third kappa shape index (κ3) is 11.3. The van der Waals surface area contributed by atoms with Crippen LogP contribution in [0, 0.1) is 10.8 Å². The molecule has 8 heteroatoms. The predicted molar refractivity (Wildman–Crippen MR) is 107 cm³/mol. The van der Waals surface area contributed by atoms with Gasteiger partial charge in [-0.25, -0.2) is 0 Å². The minimum atomic E-state index is -0.787. The van der Waals surface area contributed by atoms with Crippen LogP contribution in [0.5, 0.6) is 0 Å². The first-order valence-electron chi connectivity index (χ1n) is 9.77. The van der Waals surface area contributed by atoms with E-state index in [1.807, 2.05) is 20.8 Å². The van der Waals surface area contributed by atoms with Gasteiger partial charge in [0.1, 0.15) is 0 Å². The van der Waals surface area contributed by atoms with Gasteiger partial charge in [-0.3, -0.25) is 9.59 Å². The van der Waals surface area contributed by atoms with Crippen molar-refractivity contribution in [2.24, 2.45) is 22.3 Å². The topological polar surface area (TPSA) is 148 Å². The van der Waals surface area contributed by atoms with Gasteiger partial charge in [0.15, 0.2) is 0 Å². The van der Waals surface area contributed by atoms with Gasteiger partial charge in [-0.15, -0.1) is 0 Å². The Bertz CT molecular complexity index is 408. The zero-order chi connectivity index (χ0) is 21.5. The lowest BCUT2D eigenvalue weighted by Crippen LogP contribution is -2.49. The zero-order valence-electron chi connectivity index (χ0n) is 17.7. The standard InChI is InChI=1S/C10H20N2O3.C7H15NO2.C2H6/c11-8-10(2-6-15-7-3-10)9(14)12-4-1-5-13;1-5(8)4-7(2,3)6(9)10;1-2/h13H,1-8,11H2,(H,12,14);5H,4,8H2,1-3H3,(H,9,10);1-2H3. The Morgan fingerprint density at radius 1 is 1.26 bits per heavy atom. The molecule has 1 aliphatic rings. The second-order valence-electron chi connectivity index (χ2n) is 7.30. The van der Waals surface area contributed by atoms with Crippen molar-refractivity contribution in [2.45, 2.75) is 66.3 Å². The first-order chi connectivity index (χ1) is 12.6. The second kappa shape index (κ2) is 14.8. The molecule has 1 saturated heterocycles. The molecule has 162 valence electrons. The Morgan fingerprint density at radius 3 is 2.11 bits per heavy atom. The SMILES string of the molecule is CC.CC(N)CC(C)(C)C(=O)O.NCC1(C(=O)NCCCO)CCOCC1. The predicted octanol–water partition coefficient (Wildman–Crippen LogP) is 1.10. The minimum absolute atomic E-state index is 0.00162. The number of carboxylic acids is 1. The van der Waals surface area contributed by atoms with E-state index in [1.54, 1.807) is 13.8 Å². The van der Waals surface area contributed by atoms with Crippen LogP contribution >= 0.6 is 0 Å². The van der Waals surface area contributed by atoms with Crippen molar-refractivity contribution in [1.82, 2.24) is 5.32 Å². The van der Waals surface area contributed by atoms with Gasteiger partial charge < -0.3 is 31.7 Å². The monoisotopic (exact) mass is 391 g/mol. The zero-order valence-corrected chi connectivity index (χ0v) is 17.7. The summed E-state index contributed by atoms with van der Waals surface area (Å²) < 4.78 is 5.23. The van der Waals surface area contributed by atoms with E-state index < -0.39 is 16.8 Å². The summed E-state index contributed by atoms with van der Waals surface area (Å²) in [7, 11) is 0. The summed E-state index contributed by atoms with van der Waals surface area (Å²) in [5.41, 5.74) is 9.99. The van der Waals surface area contributed by atoms with Crippen LogP contribution in [-0.4, -0.2) is 61.0 Å². The number of aliphatic hydroxyl groups is 1. The summed E-state index contributed by atoms with van der Waals surface area (Å²) in [6, 6.07) is -0.0499. The van der Waals surface area contributed by atoms with Crippen LogP contribution in [0.2, 0.25) is 0 Å². The van der Waals surface area contributed by atoms with Crippen LogP contribution < -0.4 is 16.8 Å². The second-order valence-corrected chi connectivity index (χ2v) is 7.30. The maximum Gasteiger partial charge on any atom is 0.309 e. The average Bonchev–Trinajstić information content (AvgIpc) is 2.63. The fourth-order valence-electron chi connectivity index (χ4n) is 2.65. The van der Waals surface area contributed by atoms with Crippen molar-refractivity contribution in [3.05, 3.63) is 0 Å². The molecule has 1 aliphatic heterocycles. The van der Waals surface area contributed by atoms with E-state index in [1.165, 1.54) is 0 Å². The van der Waals surface area contributed by atoms with E-state index in [-0.39, 0.29) is 18.6 Å². The van der Waals surface area contributed by atoms with Gasteiger partial charge >= 0.3 is 5.97 Å². The Labute approximate surface area is 164 Å². The number of carboxylic acid groups (broad SMARTS) is 1. The third-order valence-electron chi connectivity index (χ3n) is 4.35. The summed E-state index contributed by atoms with van der Waals surface area (Å²) in [4.78, 5) is 22.4. The number of carbonyl (C=O) groups is 2. The number of hydrogen-bond acceptors (Lipinski definition) is 6. The molecule has 1 amide bonds. The molecule has 1 unspecified atom stereocenters. The van der Waals surface area contributed by atoms with Gasteiger partial charge in [-0.1, -0.05) is 13.8 Å². The number of aliphatic carboxylic acids is 1. The molecule has 0 aliphatic carbocycles. The summed E-state index contributed by atoms with van der Waals surface area (Å²) >= 11 is 0. The molecule has 8 nitrogen and oxygen atoms in total. The fourth-order valence-corrected chi connectivity index (χ4v) is 2.65. The largest absolute Gasteiger partial charge is 0.481 e. The van der Waals surface area contributed by atoms with Crippen molar-refractivity contribution < 1.29 is 24.5 Å². The van der Waals surface area contributed by atoms with Crippen LogP contribution in [0.25, 0.3) is 0 Å². The molecule has 0 aromatic carbocycles. The Balaban J connectivity index is 0. The summed E-state index contributed by atoms with van der Waals surface area (Å²) in [5.74, 6) is -0.786. The maximum atomic E-state index is 11.9. The first kappa shape index (κ1) is 28.0. The van der Waals surface area contributed by atoms with Crippen LogP contribution in [0.1, 0.15) is 60.3 Å². The molecule has 0 saturated carbocycles. The molecule has 0 aromatic rings. The lowest BCUT2D eigenvalue weighted by molar-refractivity contribution is -0.147. The molecule has 27 heavy (non-hydrogen) atoms. The van der Waals surface area contributed by atoms with Crippen LogP contribution in [0.15, 0.2) is 0 Å². The van der Waals surface area contributed by atoms with Crippen molar-refractivity contribution >= 4 is 11.9 Å². The number of rotatable bonds is 8. The van der Waals surface area contributed by atoms with Crippen molar-refractivity contribution in [3.8, 4) is 0 Å². The van der Waals surface area contributed by atoms with Gasteiger partial charge in [0.05, 0.1) is 10.8 Å². The van der Waals surface area contributed by atoms with Crippen LogP contribution in [0.4, 0.5) is 0 Å². The number of ether oxygens (including phenoxy) is 1. The van der Waals surface area contributed by atoms with E-state index in [2.05, 4.69) is 5.32 Å². The lowest BCUT2D eigenvalue weighted by atomic mass is 9.79. The molecule has 7 N–H and O–H groups in total. The molecule has 0 radical (unpaired) electrons. The summed E-state index contributed by atoms with van der Waals surface area (Å²) in [6.07, 6.45) is 2.48. The average molecular weight is 392 g/mol. The molecule has 1 fully saturated rings. The molecular weight excluding hydrogens is 350 g/mol. The lowest BCUT2D eigenvalue weighted by Gasteiger charge is -2.34. The van der Waals surface area contributed by atoms with Crippen LogP contribution in [-0.2, 0) is 14.3 Å². The smallest absolute Gasteiger partial charge is 0.309 e. The van der Waals surface area contributed by atoms with E-state index in [0.29, 0.717) is 52.0 Å². The maximum absolute atomic E-state index is 11.9. The highest BCUT2D eigenvalue weighted by Gasteiger charge is 2.38. The van der Waals surface area contributed by atoms with Crippen LogP contribution in [0.3, 0.4) is 0 Å². The number of carbonyl (C=O) groups excluding carboxylic acids is 1. The highest BCUT2D eigenvalue weighted by Crippen LogP contribution is 2.29.